The molecule has 0 fully saturated rings. The molecule has 0 aliphatic rings. The molecule has 0 bridgehead atoms. The first-order valence-corrected chi connectivity index (χ1v) is 24.8. The van der Waals surface area contributed by atoms with Crippen molar-refractivity contribution in [2.75, 3.05) is 39.8 Å². The number of hydrogen-bond acceptors (Lipinski definition) is 3. The molecular weight excluding hydrogens is 647 g/mol. The zero-order valence-corrected chi connectivity index (χ0v) is 37.5. The molecule has 0 saturated carbocycles. The summed E-state index contributed by atoms with van der Waals surface area (Å²) in [5.74, 6) is 1.49. The Labute approximate surface area is 335 Å². The van der Waals surface area contributed by atoms with E-state index in [1.54, 1.807) is 0 Å². The summed E-state index contributed by atoms with van der Waals surface area (Å²) in [6, 6.07) is 0. The van der Waals surface area contributed by atoms with Crippen LogP contribution in [0.5, 0.6) is 0 Å². The monoisotopic (exact) mass is 748 g/mol. The molecule has 318 valence electrons. The zero-order valence-electron chi connectivity index (χ0n) is 37.5. The van der Waals surface area contributed by atoms with Crippen LogP contribution >= 0.6 is 0 Å². The molecule has 0 aromatic heterocycles. The second-order valence-corrected chi connectivity index (χ2v) is 17.4. The van der Waals surface area contributed by atoms with Crippen LogP contribution in [0.3, 0.4) is 0 Å². The lowest BCUT2D eigenvalue weighted by molar-refractivity contribution is -0.125. The lowest BCUT2D eigenvalue weighted by Crippen LogP contribution is -2.31. The van der Waals surface area contributed by atoms with E-state index in [1.807, 2.05) is 0 Å². The van der Waals surface area contributed by atoms with E-state index in [9.17, 15) is 4.79 Å². The summed E-state index contributed by atoms with van der Waals surface area (Å²) >= 11 is 0. The average molecular weight is 748 g/mol. The third-order valence-corrected chi connectivity index (χ3v) is 12.0. The fraction of sp³-hybridized carbons (Fsp3) is 0.980. The molecule has 4 nitrogen and oxygen atoms in total. The summed E-state index contributed by atoms with van der Waals surface area (Å²) in [6.07, 6.45) is 48.3. The normalized spacial score (nSPS) is 12.9. The van der Waals surface area contributed by atoms with Crippen LogP contribution in [0.1, 0.15) is 259 Å². The quantitative estimate of drug-likeness (QED) is 0.0610. The molecule has 0 radical (unpaired) electrons. The Bertz CT molecular complexity index is 699. The van der Waals surface area contributed by atoms with Crippen molar-refractivity contribution in [2.24, 2.45) is 11.8 Å². The summed E-state index contributed by atoms with van der Waals surface area (Å²) in [4.78, 5) is 15.5. The predicted molar refractivity (Wildman–Crippen MR) is 239 cm³/mol. The van der Waals surface area contributed by atoms with Gasteiger partial charge in [0.2, 0.25) is 5.91 Å². The van der Waals surface area contributed by atoms with Gasteiger partial charge in [0.15, 0.2) is 0 Å². The Hall–Kier alpha value is -0.610. The highest BCUT2D eigenvalue weighted by atomic mass is 16.1. The molecule has 0 saturated heterocycles. The highest BCUT2D eigenvalue weighted by Crippen LogP contribution is 2.20. The Morgan fingerprint density at radius 2 is 0.755 bits per heavy atom. The second kappa shape index (κ2) is 44.1. The second-order valence-electron chi connectivity index (χ2n) is 17.4. The minimum atomic E-state index is 0.245. The van der Waals surface area contributed by atoms with Gasteiger partial charge in [0.05, 0.1) is 0 Å². The van der Waals surface area contributed by atoms with E-state index < -0.39 is 0 Å². The molecule has 0 spiro atoms. The molecule has 0 aromatic rings. The molecule has 2 unspecified atom stereocenters. The number of carbonyl (C=O) groups is 1. The number of hydrogen-bond donors (Lipinski definition) is 2. The van der Waals surface area contributed by atoms with Gasteiger partial charge in [-0.05, 0) is 90.5 Å². The number of amides is 1. The van der Waals surface area contributed by atoms with Crippen molar-refractivity contribution in [3.8, 4) is 0 Å². The van der Waals surface area contributed by atoms with Crippen molar-refractivity contribution in [1.29, 1.82) is 0 Å². The minimum Gasteiger partial charge on any atom is -0.356 e. The Balaban J connectivity index is 3.78. The minimum absolute atomic E-state index is 0.245. The smallest absolute Gasteiger partial charge is 0.223 e. The van der Waals surface area contributed by atoms with Gasteiger partial charge in [0.25, 0.3) is 0 Å². The summed E-state index contributed by atoms with van der Waals surface area (Å²) in [5.41, 5.74) is 0. The Morgan fingerprint density at radius 1 is 0.415 bits per heavy atom. The number of carbonyl (C=O) groups excluding carboxylic acids is 1. The molecule has 0 heterocycles. The number of unbranched alkanes of at least 4 members (excludes halogenated alkanes) is 26. The number of nitrogens with one attached hydrogen (secondary N) is 2. The van der Waals surface area contributed by atoms with E-state index in [2.05, 4.69) is 50.3 Å². The van der Waals surface area contributed by atoms with E-state index in [1.165, 1.54) is 238 Å². The van der Waals surface area contributed by atoms with E-state index in [4.69, 9.17) is 0 Å². The number of nitrogens with zero attached hydrogens (tertiary/aromatic N) is 1. The first-order valence-electron chi connectivity index (χ1n) is 24.8. The summed E-state index contributed by atoms with van der Waals surface area (Å²) < 4.78 is 0. The van der Waals surface area contributed by atoms with E-state index in [0.717, 1.165) is 31.7 Å². The maximum absolute atomic E-state index is 13.0. The Kier molecular flexibility index (Phi) is 43.6. The van der Waals surface area contributed by atoms with Crippen LogP contribution in [0.25, 0.3) is 0 Å². The first-order chi connectivity index (χ1) is 26.1. The van der Waals surface area contributed by atoms with Gasteiger partial charge in [-0.25, -0.2) is 0 Å². The first kappa shape index (κ1) is 52.4. The molecule has 0 aliphatic heterocycles. The lowest BCUT2D eigenvalue weighted by atomic mass is 9.93. The predicted octanol–water partition coefficient (Wildman–Crippen LogP) is 15.0. The van der Waals surface area contributed by atoms with Gasteiger partial charge in [-0.15, -0.1) is 0 Å². The maximum atomic E-state index is 13.0. The molecule has 4 heteroatoms. The van der Waals surface area contributed by atoms with Crippen molar-refractivity contribution in [3.05, 3.63) is 0 Å². The molecule has 0 aromatic carbocycles. The summed E-state index contributed by atoms with van der Waals surface area (Å²) in [6.45, 7) is 15.1. The third-order valence-electron chi connectivity index (χ3n) is 12.0. The highest BCUT2D eigenvalue weighted by molar-refractivity contribution is 5.78. The zero-order chi connectivity index (χ0) is 38.7. The van der Waals surface area contributed by atoms with Crippen molar-refractivity contribution in [1.82, 2.24) is 15.5 Å². The molecule has 1 amide bonds. The number of rotatable bonds is 45. The third kappa shape index (κ3) is 39.4. The van der Waals surface area contributed by atoms with E-state index in [-0.39, 0.29) is 5.92 Å². The van der Waals surface area contributed by atoms with E-state index >= 15 is 0 Å². The average Bonchev–Trinajstić information content (AvgIpc) is 3.16. The summed E-state index contributed by atoms with van der Waals surface area (Å²) in [7, 11) is 2.32. The van der Waals surface area contributed by atoms with Crippen molar-refractivity contribution < 1.29 is 4.79 Å². The molecule has 0 aliphatic carbocycles. The molecule has 2 N–H and O–H groups in total. The molecular formula is C49H101N3O. The van der Waals surface area contributed by atoms with Crippen LogP contribution in [-0.4, -0.2) is 50.6 Å². The van der Waals surface area contributed by atoms with Crippen molar-refractivity contribution in [3.63, 3.8) is 0 Å². The van der Waals surface area contributed by atoms with Gasteiger partial charge >= 0.3 is 0 Å². The van der Waals surface area contributed by atoms with E-state index in [0.29, 0.717) is 5.91 Å². The molecule has 53 heavy (non-hydrogen) atoms. The molecule has 0 rings (SSSR count). The molecule has 2 atom stereocenters. The van der Waals surface area contributed by atoms with Crippen LogP contribution < -0.4 is 10.6 Å². The van der Waals surface area contributed by atoms with Crippen LogP contribution in [-0.2, 0) is 4.79 Å². The van der Waals surface area contributed by atoms with Crippen molar-refractivity contribution in [2.45, 2.75) is 259 Å². The van der Waals surface area contributed by atoms with Gasteiger partial charge in [-0.3, -0.25) is 4.79 Å². The van der Waals surface area contributed by atoms with Gasteiger partial charge in [-0.2, -0.15) is 0 Å². The lowest BCUT2D eigenvalue weighted by Gasteiger charge is -2.18. The maximum Gasteiger partial charge on any atom is 0.223 e. The van der Waals surface area contributed by atoms with Gasteiger partial charge in [0, 0.05) is 12.5 Å². The van der Waals surface area contributed by atoms with Crippen LogP contribution in [0, 0.1) is 11.8 Å². The summed E-state index contributed by atoms with van der Waals surface area (Å²) in [5, 5.41) is 7.17. The fourth-order valence-electron chi connectivity index (χ4n) is 8.14. The standard InChI is InChI=1S/C49H101N3O/c1-6-10-14-18-24-31-39-47(38-30-16-12-8-3)46-50-42-34-26-20-22-28-36-44-52(5)45-37-29-23-21-27-35-43-51-49(53)48(40-32-17-13-9-4)41-33-25-19-15-11-7-2/h47-48,50H,6-46H2,1-5H3,(H,51,53). The SMILES string of the molecule is CCCCCCCCC(CCCCCC)CNCCCCCCCCN(C)CCCCCCCCNC(=O)C(CCCCCC)CCCCCCCC. The van der Waals surface area contributed by atoms with Crippen LogP contribution in [0.2, 0.25) is 0 Å². The fourth-order valence-corrected chi connectivity index (χ4v) is 8.14. The topological polar surface area (TPSA) is 44.4 Å². The highest BCUT2D eigenvalue weighted by Gasteiger charge is 2.17. The Morgan fingerprint density at radius 3 is 1.21 bits per heavy atom. The van der Waals surface area contributed by atoms with Gasteiger partial charge in [-0.1, -0.05) is 207 Å². The largest absolute Gasteiger partial charge is 0.356 e. The van der Waals surface area contributed by atoms with Crippen LogP contribution in [0.4, 0.5) is 0 Å². The van der Waals surface area contributed by atoms with Gasteiger partial charge in [0.1, 0.15) is 0 Å². The van der Waals surface area contributed by atoms with Crippen LogP contribution in [0.15, 0.2) is 0 Å². The van der Waals surface area contributed by atoms with Gasteiger partial charge < -0.3 is 15.5 Å². The van der Waals surface area contributed by atoms with Crippen molar-refractivity contribution >= 4 is 5.91 Å².